The van der Waals surface area contributed by atoms with Crippen LogP contribution in [-0.4, -0.2) is 20.1 Å². The number of methoxy groups -OCH3 is 2. The van der Waals surface area contributed by atoms with Crippen molar-refractivity contribution in [3.63, 3.8) is 0 Å². The number of ether oxygens (including phenoxy) is 2. The number of rotatable bonds is 4. The summed E-state index contributed by atoms with van der Waals surface area (Å²) in [6.45, 7) is 0. The minimum Gasteiger partial charge on any atom is -0.496 e. The van der Waals surface area contributed by atoms with E-state index in [1.54, 1.807) is 43.5 Å². The van der Waals surface area contributed by atoms with Crippen molar-refractivity contribution in [3.8, 4) is 11.5 Å². The second-order valence-corrected chi connectivity index (χ2v) is 5.41. The van der Waals surface area contributed by atoms with E-state index in [-0.39, 0.29) is 5.91 Å². The molecule has 0 spiro atoms. The number of nitrogens with one attached hydrogen (secondary N) is 1. The fourth-order valence-corrected chi connectivity index (χ4v) is 2.55. The minimum absolute atomic E-state index is 0.253. The van der Waals surface area contributed by atoms with Crippen LogP contribution in [0.2, 0.25) is 5.02 Å². The highest BCUT2D eigenvalue weighted by Gasteiger charge is 2.10. The van der Waals surface area contributed by atoms with Gasteiger partial charge < -0.3 is 14.8 Å². The van der Waals surface area contributed by atoms with Crippen LogP contribution in [0.3, 0.4) is 0 Å². The molecule has 1 amide bonds. The molecule has 0 unspecified atom stereocenters. The second-order valence-electron chi connectivity index (χ2n) is 4.15. The van der Waals surface area contributed by atoms with Gasteiger partial charge >= 0.3 is 0 Å². The van der Waals surface area contributed by atoms with Gasteiger partial charge in [0.05, 0.1) is 23.7 Å². The Morgan fingerprint density at radius 1 is 1.10 bits per heavy atom. The maximum atomic E-state index is 12.2. The van der Waals surface area contributed by atoms with Crippen molar-refractivity contribution in [3.05, 3.63) is 51.5 Å². The average Bonchev–Trinajstić information content (AvgIpc) is 2.47. The first-order chi connectivity index (χ1) is 10.0. The van der Waals surface area contributed by atoms with Crippen LogP contribution >= 0.6 is 27.5 Å². The maximum absolute atomic E-state index is 12.2. The standard InChI is InChI=1S/C15H13BrClNO3/c1-20-13-6-4-10(8-11(13)16)18-15(19)9-3-5-14(21-2)12(17)7-9/h3-8H,1-2H3,(H,18,19). The van der Waals surface area contributed by atoms with Crippen molar-refractivity contribution >= 4 is 39.1 Å². The summed E-state index contributed by atoms with van der Waals surface area (Å²) in [5, 5.41) is 3.18. The number of amides is 1. The lowest BCUT2D eigenvalue weighted by atomic mass is 10.2. The predicted molar refractivity (Wildman–Crippen MR) is 86.7 cm³/mol. The van der Waals surface area contributed by atoms with Crippen LogP contribution in [0.5, 0.6) is 11.5 Å². The molecule has 0 atom stereocenters. The number of hydrogen-bond acceptors (Lipinski definition) is 3. The lowest BCUT2D eigenvalue weighted by Crippen LogP contribution is -2.11. The van der Waals surface area contributed by atoms with Gasteiger partial charge in [0.15, 0.2) is 0 Å². The van der Waals surface area contributed by atoms with E-state index in [2.05, 4.69) is 21.2 Å². The molecular weight excluding hydrogens is 358 g/mol. The van der Waals surface area contributed by atoms with Gasteiger partial charge in [0, 0.05) is 11.3 Å². The molecule has 2 aromatic carbocycles. The van der Waals surface area contributed by atoms with E-state index in [0.717, 1.165) is 4.47 Å². The minimum atomic E-state index is -0.253. The topological polar surface area (TPSA) is 47.6 Å². The molecule has 0 heterocycles. The van der Waals surface area contributed by atoms with Crippen LogP contribution in [-0.2, 0) is 0 Å². The Bertz CT molecular complexity index is 676. The van der Waals surface area contributed by atoms with E-state index in [9.17, 15) is 4.79 Å². The van der Waals surface area contributed by atoms with Gasteiger partial charge in [0.2, 0.25) is 0 Å². The van der Waals surface area contributed by atoms with E-state index in [0.29, 0.717) is 27.8 Å². The predicted octanol–water partition coefficient (Wildman–Crippen LogP) is 4.37. The van der Waals surface area contributed by atoms with Crippen LogP contribution in [0.25, 0.3) is 0 Å². The zero-order chi connectivity index (χ0) is 15.4. The number of hydrogen-bond donors (Lipinski definition) is 1. The van der Waals surface area contributed by atoms with E-state index in [1.807, 2.05) is 0 Å². The SMILES string of the molecule is COc1ccc(C(=O)Nc2ccc(OC)c(Br)c2)cc1Cl. The van der Waals surface area contributed by atoms with Gasteiger partial charge in [-0.05, 0) is 52.3 Å². The van der Waals surface area contributed by atoms with Crippen molar-refractivity contribution in [1.29, 1.82) is 0 Å². The summed E-state index contributed by atoms with van der Waals surface area (Å²) in [6, 6.07) is 10.2. The zero-order valence-corrected chi connectivity index (χ0v) is 13.8. The molecule has 0 aliphatic rings. The lowest BCUT2D eigenvalue weighted by molar-refractivity contribution is 0.102. The molecule has 0 aromatic heterocycles. The van der Waals surface area contributed by atoms with Crippen LogP contribution in [0.1, 0.15) is 10.4 Å². The molecule has 4 nitrogen and oxygen atoms in total. The normalized spacial score (nSPS) is 10.1. The second kappa shape index (κ2) is 6.83. The molecule has 0 saturated heterocycles. The highest BCUT2D eigenvalue weighted by atomic mass is 79.9. The van der Waals surface area contributed by atoms with Crippen molar-refractivity contribution in [2.24, 2.45) is 0 Å². The molecule has 6 heteroatoms. The molecule has 110 valence electrons. The van der Waals surface area contributed by atoms with Gasteiger partial charge in [-0.15, -0.1) is 0 Å². The Balaban J connectivity index is 2.18. The van der Waals surface area contributed by atoms with Gasteiger partial charge in [0.25, 0.3) is 5.91 Å². The highest BCUT2D eigenvalue weighted by molar-refractivity contribution is 9.10. The van der Waals surface area contributed by atoms with Gasteiger partial charge in [-0.2, -0.15) is 0 Å². The van der Waals surface area contributed by atoms with Gasteiger partial charge in [-0.3, -0.25) is 4.79 Å². The fraction of sp³-hybridized carbons (Fsp3) is 0.133. The number of halogens is 2. The highest BCUT2D eigenvalue weighted by Crippen LogP contribution is 2.29. The molecule has 0 bridgehead atoms. The summed E-state index contributed by atoms with van der Waals surface area (Å²) in [7, 11) is 3.10. The molecule has 2 aromatic rings. The average molecular weight is 371 g/mol. The van der Waals surface area contributed by atoms with Gasteiger partial charge in [-0.1, -0.05) is 11.6 Å². The van der Waals surface area contributed by atoms with Crippen molar-refractivity contribution in [1.82, 2.24) is 0 Å². The fourth-order valence-electron chi connectivity index (χ4n) is 1.76. The summed E-state index contributed by atoms with van der Waals surface area (Å²) in [6.07, 6.45) is 0. The molecule has 0 radical (unpaired) electrons. The number of carbonyl (C=O) groups excluding carboxylic acids is 1. The molecule has 21 heavy (non-hydrogen) atoms. The summed E-state index contributed by atoms with van der Waals surface area (Å²) in [5.74, 6) is 0.970. The molecule has 2 rings (SSSR count). The first kappa shape index (κ1) is 15.7. The molecule has 1 N–H and O–H groups in total. The third kappa shape index (κ3) is 3.68. The first-order valence-corrected chi connectivity index (χ1v) is 7.20. The molecule has 0 aliphatic carbocycles. The lowest BCUT2D eigenvalue weighted by Gasteiger charge is -2.09. The van der Waals surface area contributed by atoms with Crippen molar-refractivity contribution in [2.45, 2.75) is 0 Å². The monoisotopic (exact) mass is 369 g/mol. The first-order valence-electron chi connectivity index (χ1n) is 6.03. The van der Waals surface area contributed by atoms with Gasteiger partial charge in [0.1, 0.15) is 11.5 Å². The molecule has 0 saturated carbocycles. The van der Waals surface area contributed by atoms with Crippen molar-refractivity contribution < 1.29 is 14.3 Å². The van der Waals surface area contributed by atoms with E-state index in [1.165, 1.54) is 7.11 Å². The third-order valence-electron chi connectivity index (χ3n) is 2.82. The van der Waals surface area contributed by atoms with E-state index < -0.39 is 0 Å². The van der Waals surface area contributed by atoms with Gasteiger partial charge in [-0.25, -0.2) is 0 Å². The maximum Gasteiger partial charge on any atom is 0.255 e. The summed E-state index contributed by atoms with van der Waals surface area (Å²) in [4.78, 5) is 12.2. The Hall–Kier alpha value is -1.72. The Morgan fingerprint density at radius 3 is 2.33 bits per heavy atom. The molecular formula is C15H13BrClNO3. The molecule has 0 aliphatic heterocycles. The summed E-state index contributed by atoms with van der Waals surface area (Å²) in [5.41, 5.74) is 1.10. The number of benzene rings is 2. The smallest absolute Gasteiger partial charge is 0.255 e. The largest absolute Gasteiger partial charge is 0.496 e. The Kier molecular flexibility index (Phi) is 5.09. The quantitative estimate of drug-likeness (QED) is 0.869. The number of carbonyl (C=O) groups is 1. The Labute approximate surface area is 136 Å². The van der Waals surface area contributed by atoms with Crippen molar-refractivity contribution in [2.75, 3.05) is 19.5 Å². The van der Waals surface area contributed by atoms with Crippen LogP contribution in [0.4, 0.5) is 5.69 Å². The van der Waals surface area contributed by atoms with Crippen LogP contribution < -0.4 is 14.8 Å². The molecule has 0 fully saturated rings. The Morgan fingerprint density at radius 2 is 1.76 bits per heavy atom. The van der Waals surface area contributed by atoms with E-state index in [4.69, 9.17) is 21.1 Å². The zero-order valence-electron chi connectivity index (χ0n) is 11.4. The summed E-state index contributed by atoms with van der Waals surface area (Å²) < 4.78 is 11.0. The summed E-state index contributed by atoms with van der Waals surface area (Å²) >= 11 is 9.38. The van der Waals surface area contributed by atoms with E-state index >= 15 is 0 Å². The third-order valence-corrected chi connectivity index (χ3v) is 3.74. The van der Waals surface area contributed by atoms with Crippen LogP contribution in [0.15, 0.2) is 40.9 Å². The number of anilines is 1. The van der Waals surface area contributed by atoms with Crippen LogP contribution in [0, 0.1) is 0 Å².